The Morgan fingerprint density at radius 2 is 1.84 bits per heavy atom. The molecule has 2 saturated heterocycles. The second kappa shape index (κ2) is 8.01. The van der Waals surface area contributed by atoms with Crippen molar-refractivity contribution in [1.82, 2.24) is 20.4 Å². The van der Waals surface area contributed by atoms with E-state index < -0.39 is 0 Å². The average molecular weight is 352 g/mol. The molecule has 0 aromatic rings. The summed E-state index contributed by atoms with van der Waals surface area (Å²) in [7, 11) is 1.68. The van der Waals surface area contributed by atoms with E-state index in [1.165, 1.54) is 0 Å². The molecule has 0 aromatic carbocycles. The van der Waals surface area contributed by atoms with Crippen LogP contribution in [0.25, 0.3) is 0 Å². The highest BCUT2D eigenvalue weighted by molar-refractivity contribution is 5.84. The molecule has 0 bridgehead atoms. The molecule has 1 atom stereocenters. The zero-order chi connectivity index (χ0) is 17.9. The number of carbonyl (C=O) groups is 2. The van der Waals surface area contributed by atoms with Gasteiger partial charge in [0.15, 0.2) is 0 Å². The van der Waals surface area contributed by atoms with Crippen molar-refractivity contribution in [2.75, 3.05) is 53.0 Å². The zero-order valence-electron chi connectivity index (χ0n) is 15.6. The van der Waals surface area contributed by atoms with Gasteiger partial charge in [-0.05, 0) is 45.7 Å². The van der Waals surface area contributed by atoms with E-state index in [2.05, 4.69) is 15.5 Å². The molecule has 2 aliphatic heterocycles. The SMILES string of the molecule is COCC1(C(=O)N2CCN(C(C)C(=O)NC3CC3)CC2)CCNCC1. The number of methoxy groups -OCH3 is 1. The van der Waals surface area contributed by atoms with Crippen molar-refractivity contribution < 1.29 is 14.3 Å². The summed E-state index contributed by atoms with van der Waals surface area (Å²) in [4.78, 5) is 29.6. The molecule has 1 saturated carbocycles. The lowest BCUT2D eigenvalue weighted by atomic mass is 9.78. The second-order valence-electron chi connectivity index (χ2n) is 7.75. The monoisotopic (exact) mass is 352 g/mol. The van der Waals surface area contributed by atoms with E-state index >= 15 is 0 Å². The molecule has 7 heteroatoms. The smallest absolute Gasteiger partial charge is 0.237 e. The Balaban J connectivity index is 1.53. The molecule has 1 aliphatic carbocycles. The second-order valence-corrected chi connectivity index (χ2v) is 7.75. The summed E-state index contributed by atoms with van der Waals surface area (Å²) in [5, 5.41) is 6.41. The lowest BCUT2D eigenvalue weighted by Crippen LogP contribution is -2.59. The van der Waals surface area contributed by atoms with Crippen LogP contribution in [-0.2, 0) is 14.3 Å². The third kappa shape index (κ3) is 4.33. The van der Waals surface area contributed by atoms with Crippen molar-refractivity contribution in [3.05, 3.63) is 0 Å². The minimum atomic E-state index is -0.378. The molecule has 2 heterocycles. The van der Waals surface area contributed by atoms with Gasteiger partial charge in [-0.25, -0.2) is 0 Å². The first-order valence-corrected chi connectivity index (χ1v) is 9.59. The van der Waals surface area contributed by atoms with Crippen LogP contribution in [0.2, 0.25) is 0 Å². The maximum Gasteiger partial charge on any atom is 0.237 e. The number of amides is 2. The van der Waals surface area contributed by atoms with Gasteiger partial charge in [-0.15, -0.1) is 0 Å². The van der Waals surface area contributed by atoms with Crippen molar-refractivity contribution in [3.8, 4) is 0 Å². The van der Waals surface area contributed by atoms with Crippen molar-refractivity contribution in [3.63, 3.8) is 0 Å². The molecule has 3 rings (SSSR count). The van der Waals surface area contributed by atoms with Crippen LogP contribution in [0.1, 0.15) is 32.6 Å². The predicted octanol–water partition coefficient (Wildman–Crippen LogP) is -0.186. The van der Waals surface area contributed by atoms with E-state index in [0.29, 0.717) is 25.7 Å². The van der Waals surface area contributed by atoms with Gasteiger partial charge in [-0.2, -0.15) is 0 Å². The molecule has 0 radical (unpaired) electrons. The van der Waals surface area contributed by atoms with E-state index in [-0.39, 0.29) is 23.3 Å². The third-order valence-electron chi connectivity index (χ3n) is 5.89. The van der Waals surface area contributed by atoms with Gasteiger partial charge in [0.05, 0.1) is 18.1 Å². The van der Waals surface area contributed by atoms with Gasteiger partial charge in [-0.1, -0.05) is 0 Å². The Kier molecular flexibility index (Phi) is 5.96. The Hall–Kier alpha value is -1.18. The summed E-state index contributed by atoms with van der Waals surface area (Å²) in [5.74, 6) is 0.349. The van der Waals surface area contributed by atoms with Crippen LogP contribution < -0.4 is 10.6 Å². The molecule has 3 fully saturated rings. The summed E-state index contributed by atoms with van der Waals surface area (Å²) in [6.45, 7) is 7.10. The van der Waals surface area contributed by atoms with E-state index in [4.69, 9.17) is 4.74 Å². The standard InChI is InChI=1S/C18H32N4O3/c1-14(16(23)20-15-3-4-15)21-9-11-22(12-10-21)17(24)18(13-25-2)5-7-19-8-6-18/h14-15,19H,3-13H2,1-2H3,(H,20,23). The Morgan fingerprint density at radius 1 is 1.20 bits per heavy atom. The molecule has 0 spiro atoms. The van der Waals surface area contributed by atoms with Crippen molar-refractivity contribution in [1.29, 1.82) is 0 Å². The highest BCUT2D eigenvalue weighted by atomic mass is 16.5. The minimum absolute atomic E-state index is 0.121. The summed E-state index contributed by atoms with van der Waals surface area (Å²) < 4.78 is 5.39. The van der Waals surface area contributed by atoms with Crippen LogP contribution in [0.5, 0.6) is 0 Å². The van der Waals surface area contributed by atoms with Gasteiger partial charge >= 0.3 is 0 Å². The number of rotatable bonds is 6. The maximum absolute atomic E-state index is 13.1. The number of piperidine rings is 1. The fraction of sp³-hybridized carbons (Fsp3) is 0.889. The molecular weight excluding hydrogens is 320 g/mol. The van der Waals surface area contributed by atoms with Crippen LogP contribution >= 0.6 is 0 Å². The first-order chi connectivity index (χ1) is 12.1. The largest absolute Gasteiger partial charge is 0.384 e. The van der Waals surface area contributed by atoms with E-state index in [0.717, 1.165) is 51.9 Å². The van der Waals surface area contributed by atoms with Gasteiger partial charge in [0, 0.05) is 39.3 Å². The molecule has 3 aliphatic rings. The van der Waals surface area contributed by atoms with E-state index in [9.17, 15) is 9.59 Å². The van der Waals surface area contributed by atoms with Crippen molar-refractivity contribution in [2.24, 2.45) is 5.41 Å². The number of piperazine rings is 1. The first kappa shape index (κ1) is 18.6. The van der Waals surface area contributed by atoms with Gasteiger partial charge in [0.2, 0.25) is 11.8 Å². The average Bonchev–Trinajstić information content (AvgIpc) is 3.45. The van der Waals surface area contributed by atoms with Gasteiger partial charge in [-0.3, -0.25) is 14.5 Å². The number of nitrogens with zero attached hydrogens (tertiary/aromatic N) is 2. The number of carbonyl (C=O) groups excluding carboxylic acids is 2. The molecule has 0 aromatic heterocycles. The molecule has 142 valence electrons. The molecule has 2 amide bonds. The fourth-order valence-corrected chi connectivity index (χ4v) is 3.96. The van der Waals surface area contributed by atoms with Crippen LogP contribution in [0, 0.1) is 5.41 Å². The molecule has 1 unspecified atom stereocenters. The van der Waals surface area contributed by atoms with Crippen molar-refractivity contribution in [2.45, 2.75) is 44.7 Å². The number of nitrogens with one attached hydrogen (secondary N) is 2. The van der Waals surface area contributed by atoms with Gasteiger partial charge in [0.1, 0.15) is 0 Å². The van der Waals surface area contributed by atoms with Crippen LogP contribution in [0.15, 0.2) is 0 Å². The molecular formula is C18H32N4O3. The Morgan fingerprint density at radius 3 is 2.40 bits per heavy atom. The number of ether oxygens (including phenoxy) is 1. The first-order valence-electron chi connectivity index (χ1n) is 9.59. The summed E-state index contributed by atoms with van der Waals surface area (Å²) in [6, 6.07) is 0.274. The Labute approximate surface area is 150 Å². The zero-order valence-corrected chi connectivity index (χ0v) is 15.6. The van der Waals surface area contributed by atoms with Gasteiger partial charge < -0.3 is 20.3 Å². The van der Waals surface area contributed by atoms with Crippen LogP contribution in [0.3, 0.4) is 0 Å². The quantitative estimate of drug-likeness (QED) is 0.693. The van der Waals surface area contributed by atoms with E-state index in [1.807, 2.05) is 11.8 Å². The van der Waals surface area contributed by atoms with Gasteiger partial charge in [0.25, 0.3) is 0 Å². The number of hydrogen-bond acceptors (Lipinski definition) is 5. The highest BCUT2D eigenvalue weighted by Gasteiger charge is 2.43. The van der Waals surface area contributed by atoms with Crippen LogP contribution in [-0.4, -0.2) is 86.7 Å². The fourth-order valence-electron chi connectivity index (χ4n) is 3.96. The molecule has 7 nitrogen and oxygen atoms in total. The van der Waals surface area contributed by atoms with Crippen molar-refractivity contribution >= 4 is 11.8 Å². The highest BCUT2D eigenvalue weighted by Crippen LogP contribution is 2.32. The summed E-state index contributed by atoms with van der Waals surface area (Å²) in [6.07, 6.45) is 3.88. The van der Waals surface area contributed by atoms with Crippen LogP contribution in [0.4, 0.5) is 0 Å². The molecule has 25 heavy (non-hydrogen) atoms. The number of hydrogen-bond donors (Lipinski definition) is 2. The minimum Gasteiger partial charge on any atom is -0.384 e. The predicted molar refractivity (Wildman–Crippen MR) is 95.2 cm³/mol. The molecule has 2 N–H and O–H groups in total. The van der Waals surface area contributed by atoms with E-state index in [1.54, 1.807) is 7.11 Å². The summed E-state index contributed by atoms with van der Waals surface area (Å²) in [5.41, 5.74) is -0.378. The normalized spacial score (nSPS) is 25.4. The topological polar surface area (TPSA) is 73.9 Å². The third-order valence-corrected chi connectivity index (χ3v) is 5.89. The lowest BCUT2D eigenvalue weighted by Gasteiger charge is -2.43. The Bertz CT molecular complexity index is 475. The maximum atomic E-state index is 13.1. The summed E-state index contributed by atoms with van der Waals surface area (Å²) >= 11 is 0. The lowest BCUT2D eigenvalue weighted by molar-refractivity contribution is -0.150.